The molecule has 2 aromatic rings. The Balaban J connectivity index is 2.37. The van der Waals surface area contributed by atoms with Gasteiger partial charge in [0.15, 0.2) is 0 Å². The molecular formula is C15H17NO. The summed E-state index contributed by atoms with van der Waals surface area (Å²) in [5.41, 5.74) is 3.89. The van der Waals surface area contributed by atoms with Gasteiger partial charge in [-0.1, -0.05) is 37.3 Å². The molecule has 0 fully saturated rings. The average molecular weight is 227 g/mol. The first-order valence-corrected chi connectivity index (χ1v) is 5.90. The summed E-state index contributed by atoms with van der Waals surface area (Å²) in [6.07, 6.45) is 2.06. The zero-order valence-electron chi connectivity index (χ0n) is 10.2. The molecular weight excluding hydrogens is 210 g/mol. The molecule has 1 aromatic carbocycles. The molecule has 1 unspecified atom stereocenters. The van der Waals surface area contributed by atoms with Gasteiger partial charge in [-0.2, -0.15) is 0 Å². The number of nitrogens with zero attached hydrogens (tertiary/aromatic N) is 1. The maximum absolute atomic E-state index is 10.3. The minimum Gasteiger partial charge on any atom is -0.382 e. The van der Waals surface area contributed by atoms with E-state index in [2.05, 4.69) is 18.0 Å². The van der Waals surface area contributed by atoms with Crippen molar-refractivity contribution in [3.05, 3.63) is 65.0 Å². The summed E-state index contributed by atoms with van der Waals surface area (Å²) >= 11 is 0. The highest BCUT2D eigenvalue weighted by Gasteiger charge is 2.13. The Bertz CT molecular complexity index is 508. The minimum atomic E-state index is -0.636. The SMILES string of the molecule is CCc1cccc(C(O)c2ncccc2C)c1. The van der Waals surface area contributed by atoms with Crippen molar-refractivity contribution in [1.82, 2.24) is 4.98 Å². The van der Waals surface area contributed by atoms with E-state index in [0.29, 0.717) is 0 Å². The lowest BCUT2D eigenvalue weighted by atomic mass is 10.00. The maximum Gasteiger partial charge on any atom is 0.121 e. The Morgan fingerprint density at radius 3 is 2.76 bits per heavy atom. The largest absolute Gasteiger partial charge is 0.382 e. The lowest BCUT2D eigenvalue weighted by Gasteiger charge is -2.13. The van der Waals surface area contributed by atoms with E-state index in [1.54, 1.807) is 6.20 Å². The van der Waals surface area contributed by atoms with Crippen LogP contribution in [0.3, 0.4) is 0 Å². The third kappa shape index (κ3) is 2.53. The van der Waals surface area contributed by atoms with Gasteiger partial charge in [0.05, 0.1) is 5.69 Å². The monoisotopic (exact) mass is 227 g/mol. The molecule has 0 bridgehead atoms. The molecule has 1 N–H and O–H groups in total. The number of aryl methyl sites for hydroxylation is 2. The molecule has 88 valence electrons. The second-order valence-corrected chi connectivity index (χ2v) is 4.21. The molecule has 17 heavy (non-hydrogen) atoms. The van der Waals surface area contributed by atoms with E-state index >= 15 is 0 Å². The lowest BCUT2D eigenvalue weighted by Crippen LogP contribution is -2.04. The van der Waals surface area contributed by atoms with Gasteiger partial charge in [0, 0.05) is 6.20 Å². The first kappa shape index (κ1) is 11.8. The van der Waals surface area contributed by atoms with Gasteiger partial charge in [-0.25, -0.2) is 0 Å². The van der Waals surface area contributed by atoms with Crippen molar-refractivity contribution in [2.45, 2.75) is 26.4 Å². The highest BCUT2D eigenvalue weighted by atomic mass is 16.3. The van der Waals surface area contributed by atoms with E-state index in [0.717, 1.165) is 23.2 Å². The van der Waals surface area contributed by atoms with Crippen LogP contribution in [-0.2, 0) is 6.42 Å². The van der Waals surface area contributed by atoms with Gasteiger partial charge >= 0.3 is 0 Å². The smallest absolute Gasteiger partial charge is 0.121 e. The minimum absolute atomic E-state index is 0.636. The molecule has 2 nitrogen and oxygen atoms in total. The fourth-order valence-corrected chi connectivity index (χ4v) is 1.93. The molecule has 1 heterocycles. The number of benzene rings is 1. The predicted molar refractivity (Wildman–Crippen MR) is 68.9 cm³/mol. The second-order valence-electron chi connectivity index (χ2n) is 4.21. The van der Waals surface area contributed by atoms with Gasteiger partial charge in [-0.3, -0.25) is 4.98 Å². The van der Waals surface area contributed by atoms with Crippen molar-refractivity contribution in [2.75, 3.05) is 0 Å². The predicted octanol–water partition coefficient (Wildman–Crippen LogP) is 3.03. The highest BCUT2D eigenvalue weighted by Crippen LogP contribution is 2.23. The Morgan fingerprint density at radius 2 is 2.06 bits per heavy atom. The van der Waals surface area contributed by atoms with Crippen LogP contribution in [0.4, 0.5) is 0 Å². The molecule has 0 aliphatic heterocycles. The van der Waals surface area contributed by atoms with Crippen LogP contribution < -0.4 is 0 Å². The van der Waals surface area contributed by atoms with Crippen LogP contribution in [0.25, 0.3) is 0 Å². The van der Waals surface area contributed by atoms with Gasteiger partial charge in [0.25, 0.3) is 0 Å². The Kier molecular flexibility index (Phi) is 3.55. The van der Waals surface area contributed by atoms with Crippen LogP contribution in [0.1, 0.15) is 35.4 Å². The highest BCUT2D eigenvalue weighted by molar-refractivity contribution is 5.32. The quantitative estimate of drug-likeness (QED) is 0.874. The summed E-state index contributed by atoms with van der Waals surface area (Å²) in [6, 6.07) is 11.9. The summed E-state index contributed by atoms with van der Waals surface area (Å²) in [4.78, 5) is 4.26. The van der Waals surface area contributed by atoms with Gasteiger partial charge in [-0.15, -0.1) is 0 Å². The Hall–Kier alpha value is -1.67. The number of aliphatic hydroxyl groups excluding tert-OH is 1. The second kappa shape index (κ2) is 5.11. The van der Waals surface area contributed by atoms with Crippen LogP contribution in [-0.4, -0.2) is 10.1 Å². The fraction of sp³-hybridized carbons (Fsp3) is 0.267. The van der Waals surface area contributed by atoms with Crippen LogP contribution in [0, 0.1) is 6.92 Å². The topological polar surface area (TPSA) is 33.1 Å². The van der Waals surface area contributed by atoms with Gasteiger partial charge in [0.2, 0.25) is 0 Å². The van der Waals surface area contributed by atoms with Crippen LogP contribution in [0.2, 0.25) is 0 Å². The van der Waals surface area contributed by atoms with E-state index < -0.39 is 6.10 Å². The van der Waals surface area contributed by atoms with Crippen LogP contribution >= 0.6 is 0 Å². The van der Waals surface area contributed by atoms with Crippen molar-refractivity contribution >= 4 is 0 Å². The third-order valence-electron chi connectivity index (χ3n) is 2.98. The zero-order chi connectivity index (χ0) is 12.3. The van der Waals surface area contributed by atoms with E-state index in [4.69, 9.17) is 0 Å². The average Bonchev–Trinajstić information content (AvgIpc) is 2.38. The van der Waals surface area contributed by atoms with E-state index in [1.807, 2.05) is 37.3 Å². The number of aromatic nitrogens is 1. The molecule has 0 saturated heterocycles. The van der Waals surface area contributed by atoms with Crippen molar-refractivity contribution in [3.63, 3.8) is 0 Å². The molecule has 0 aliphatic rings. The molecule has 1 atom stereocenters. The van der Waals surface area contributed by atoms with Crippen molar-refractivity contribution < 1.29 is 5.11 Å². The van der Waals surface area contributed by atoms with Gasteiger partial charge < -0.3 is 5.11 Å². The summed E-state index contributed by atoms with van der Waals surface area (Å²) in [6.45, 7) is 4.08. The first-order chi connectivity index (χ1) is 8.22. The van der Waals surface area contributed by atoms with Crippen LogP contribution in [0.15, 0.2) is 42.6 Å². The van der Waals surface area contributed by atoms with E-state index in [-0.39, 0.29) is 0 Å². The number of pyridine rings is 1. The van der Waals surface area contributed by atoms with Crippen molar-refractivity contribution in [1.29, 1.82) is 0 Å². The fourth-order valence-electron chi connectivity index (χ4n) is 1.93. The Morgan fingerprint density at radius 1 is 1.24 bits per heavy atom. The van der Waals surface area contributed by atoms with Crippen LogP contribution in [0.5, 0.6) is 0 Å². The zero-order valence-corrected chi connectivity index (χ0v) is 10.2. The molecule has 0 aliphatic carbocycles. The molecule has 0 saturated carbocycles. The standard InChI is InChI=1S/C15H17NO/c1-3-12-7-4-8-13(10-12)15(17)14-11(2)6-5-9-16-14/h4-10,15,17H,3H2,1-2H3. The van der Waals surface area contributed by atoms with Crippen molar-refractivity contribution in [3.8, 4) is 0 Å². The number of hydrogen-bond donors (Lipinski definition) is 1. The van der Waals surface area contributed by atoms with Gasteiger partial charge in [-0.05, 0) is 36.1 Å². The van der Waals surface area contributed by atoms with E-state index in [9.17, 15) is 5.11 Å². The third-order valence-corrected chi connectivity index (χ3v) is 2.98. The molecule has 1 aromatic heterocycles. The molecule has 0 spiro atoms. The molecule has 0 radical (unpaired) electrons. The number of hydrogen-bond acceptors (Lipinski definition) is 2. The molecule has 2 rings (SSSR count). The molecule has 0 amide bonds. The summed E-state index contributed by atoms with van der Waals surface area (Å²) in [5.74, 6) is 0. The lowest BCUT2D eigenvalue weighted by molar-refractivity contribution is 0.214. The molecule has 2 heteroatoms. The summed E-state index contributed by atoms with van der Waals surface area (Å²) < 4.78 is 0. The number of aliphatic hydroxyl groups is 1. The van der Waals surface area contributed by atoms with Gasteiger partial charge in [0.1, 0.15) is 6.10 Å². The summed E-state index contributed by atoms with van der Waals surface area (Å²) in [7, 11) is 0. The summed E-state index contributed by atoms with van der Waals surface area (Å²) in [5, 5.41) is 10.3. The van der Waals surface area contributed by atoms with Crippen molar-refractivity contribution in [2.24, 2.45) is 0 Å². The Labute approximate surface area is 102 Å². The maximum atomic E-state index is 10.3. The first-order valence-electron chi connectivity index (χ1n) is 5.90. The normalized spacial score (nSPS) is 12.4. The number of rotatable bonds is 3. The van der Waals surface area contributed by atoms with E-state index in [1.165, 1.54) is 5.56 Å².